The number of carbonyl (C=O) groups is 1. The Morgan fingerprint density at radius 1 is 1.38 bits per heavy atom. The zero-order valence-electron chi connectivity index (χ0n) is 8.16. The lowest BCUT2D eigenvalue weighted by Crippen LogP contribution is -2.40. The molecule has 0 spiro atoms. The predicted molar refractivity (Wildman–Crippen MR) is 49.3 cm³/mol. The van der Waals surface area contributed by atoms with E-state index in [-0.39, 0.29) is 11.9 Å². The largest absolute Gasteiger partial charge is 0.469 e. The Kier molecular flexibility index (Phi) is 2.54. The van der Waals surface area contributed by atoms with Gasteiger partial charge in [0.1, 0.15) is 0 Å². The summed E-state index contributed by atoms with van der Waals surface area (Å²) in [4.78, 5) is 13.8. The van der Waals surface area contributed by atoms with Gasteiger partial charge in [-0.25, -0.2) is 0 Å². The number of carbonyl (C=O) groups excluding carboxylic acids is 1. The zero-order chi connectivity index (χ0) is 9.26. The molecule has 1 aliphatic heterocycles. The third kappa shape index (κ3) is 2.02. The van der Waals surface area contributed by atoms with E-state index in [9.17, 15) is 4.79 Å². The zero-order valence-corrected chi connectivity index (χ0v) is 8.16. The van der Waals surface area contributed by atoms with Crippen LogP contribution in [0, 0.1) is 5.92 Å². The molecular formula is C10H17NO2. The van der Waals surface area contributed by atoms with Gasteiger partial charge in [-0.3, -0.25) is 9.69 Å². The molecule has 0 unspecified atom stereocenters. The van der Waals surface area contributed by atoms with E-state index in [4.69, 9.17) is 4.74 Å². The summed E-state index contributed by atoms with van der Waals surface area (Å²) in [5.74, 6) is 0.115. The highest BCUT2D eigenvalue weighted by molar-refractivity contribution is 5.72. The number of piperidine rings is 1. The number of ether oxygens (including phenoxy) is 1. The van der Waals surface area contributed by atoms with Crippen LogP contribution in [0.15, 0.2) is 0 Å². The molecule has 0 N–H and O–H groups in total. The van der Waals surface area contributed by atoms with E-state index in [0.29, 0.717) is 0 Å². The van der Waals surface area contributed by atoms with Crippen molar-refractivity contribution in [2.24, 2.45) is 5.92 Å². The van der Waals surface area contributed by atoms with Crippen LogP contribution in [0.1, 0.15) is 25.7 Å². The SMILES string of the molecule is COC(=O)[C@H]1CCCN(C2CC2)C1. The van der Waals surface area contributed by atoms with Crippen LogP contribution in [0.3, 0.4) is 0 Å². The molecule has 1 aliphatic carbocycles. The average molecular weight is 183 g/mol. The maximum Gasteiger partial charge on any atom is 0.309 e. The summed E-state index contributed by atoms with van der Waals surface area (Å²) in [6, 6.07) is 0.785. The van der Waals surface area contributed by atoms with Crippen LogP contribution in [0.25, 0.3) is 0 Å². The lowest BCUT2D eigenvalue weighted by atomic mass is 9.98. The van der Waals surface area contributed by atoms with Crippen LogP contribution in [0.4, 0.5) is 0 Å². The fourth-order valence-corrected chi connectivity index (χ4v) is 2.14. The number of nitrogens with zero attached hydrogens (tertiary/aromatic N) is 1. The van der Waals surface area contributed by atoms with Crippen molar-refractivity contribution in [1.29, 1.82) is 0 Å². The monoisotopic (exact) mass is 183 g/mol. The summed E-state index contributed by atoms with van der Waals surface area (Å²) >= 11 is 0. The van der Waals surface area contributed by atoms with Crippen molar-refractivity contribution in [2.45, 2.75) is 31.7 Å². The molecule has 0 bridgehead atoms. The highest BCUT2D eigenvalue weighted by Crippen LogP contribution is 2.31. The van der Waals surface area contributed by atoms with Crippen LogP contribution in [0.5, 0.6) is 0 Å². The molecule has 13 heavy (non-hydrogen) atoms. The van der Waals surface area contributed by atoms with Crippen LogP contribution < -0.4 is 0 Å². The minimum Gasteiger partial charge on any atom is -0.469 e. The molecule has 0 amide bonds. The Labute approximate surface area is 79.0 Å². The molecule has 3 heteroatoms. The van der Waals surface area contributed by atoms with E-state index in [2.05, 4.69) is 4.90 Å². The molecule has 74 valence electrons. The van der Waals surface area contributed by atoms with Gasteiger partial charge in [0, 0.05) is 12.6 Å². The maximum atomic E-state index is 11.3. The number of methoxy groups -OCH3 is 1. The van der Waals surface area contributed by atoms with Gasteiger partial charge in [-0.15, -0.1) is 0 Å². The molecule has 0 radical (unpaired) electrons. The lowest BCUT2D eigenvalue weighted by molar-refractivity contribution is -0.147. The first kappa shape index (κ1) is 9.00. The lowest BCUT2D eigenvalue weighted by Gasteiger charge is -2.31. The smallest absolute Gasteiger partial charge is 0.309 e. The van der Waals surface area contributed by atoms with E-state index >= 15 is 0 Å². The summed E-state index contributed by atoms with van der Waals surface area (Å²) in [6.07, 6.45) is 4.81. The first-order valence-electron chi connectivity index (χ1n) is 5.13. The van der Waals surface area contributed by atoms with Gasteiger partial charge < -0.3 is 4.74 Å². The molecule has 2 rings (SSSR count). The van der Waals surface area contributed by atoms with Crippen LogP contribution in [-0.4, -0.2) is 37.1 Å². The molecular weight excluding hydrogens is 166 g/mol. The van der Waals surface area contributed by atoms with Gasteiger partial charge in [-0.2, -0.15) is 0 Å². The highest BCUT2D eigenvalue weighted by Gasteiger charge is 2.34. The van der Waals surface area contributed by atoms with Gasteiger partial charge in [0.05, 0.1) is 13.0 Å². The molecule has 0 aromatic rings. The van der Waals surface area contributed by atoms with Gasteiger partial charge in [-0.1, -0.05) is 0 Å². The van der Waals surface area contributed by atoms with E-state index < -0.39 is 0 Å². The summed E-state index contributed by atoms with van der Waals surface area (Å²) in [5.41, 5.74) is 0. The minimum atomic E-state index is -0.0228. The number of esters is 1. The van der Waals surface area contributed by atoms with E-state index in [0.717, 1.165) is 25.4 Å². The Morgan fingerprint density at radius 3 is 2.77 bits per heavy atom. The Hall–Kier alpha value is -0.570. The van der Waals surface area contributed by atoms with Crippen molar-refractivity contribution in [3.05, 3.63) is 0 Å². The second-order valence-electron chi connectivity index (χ2n) is 4.09. The van der Waals surface area contributed by atoms with Crippen LogP contribution >= 0.6 is 0 Å². The van der Waals surface area contributed by atoms with Gasteiger partial charge in [0.15, 0.2) is 0 Å². The van der Waals surface area contributed by atoms with Crippen molar-refractivity contribution in [1.82, 2.24) is 4.90 Å². The molecule has 1 saturated carbocycles. The molecule has 3 nitrogen and oxygen atoms in total. The van der Waals surface area contributed by atoms with E-state index in [1.807, 2.05) is 0 Å². The summed E-state index contributed by atoms with van der Waals surface area (Å²) in [7, 11) is 1.48. The second kappa shape index (κ2) is 3.66. The fraction of sp³-hybridized carbons (Fsp3) is 0.900. The normalized spacial score (nSPS) is 30.1. The van der Waals surface area contributed by atoms with Crippen molar-refractivity contribution >= 4 is 5.97 Å². The summed E-state index contributed by atoms with van der Waals surface area (Å²) in [5, 5.41) is 0. The van der Waals surface area contributed by atoms with Gasteiger partial charge in [0.25, 0.3) is 0 Å². The third-order valence-electron chi connectivity index (χ3n) is 3.05. The first-order chi connectivity index (χ1) is 6.31. The minimum absolute atomic E-state index is 0.0228. The topological polar surface area (TPSA) is 29.5 Å². The van der Waals surface area contributed by atoms with Crippen molar-refractivity contribution in [3.8, 4) is 0 Å². The molecule has 1 saturated heterocycles. The fourth-order valence-electron chi connectivity index (χ4n) is 2.14. The van der Waals surface area contributed by atoms with Gasteiger partial charge in [0.2, 0.25) is 0 Å². The van der Waals surface area contributed by atoms with Gasteiger partial charge >= 0.3 is 5.97 Å². The Morgan fingerprint density at radius 2 is 2.15 bits per heavy atom. The third-order valence-corrected chi connectivity index (χ3v) is 3.05. The van der Waals surface area contributed by atoms with Crippen molar-refractivity contribution in [3.63, 3.8) is 0 Å². The number of likely N-dealkylation sites (tertiary alicyclic amines) is 1. The predicted octanol–water partition coefficient (Wildman–Crippen LogP) is 1.03. The molecule has 2 aliphatic rings. The van der Waals surface area contributed by atoms with E-state index in [1.54, 1.807) is 0 Å². The Bertz CT molecular complexity index is 201. The number of hydrogen-bond acceptors (Lipinski definition) is 3. The second-order valence-corrected chi connectivity index (χ2v) is 4.09. The molecule has 1 heterocycles. The maximum absolute atomic E-state index is 11.3. The first-order valence-corrected chi connectivity index (χ1v) is 5.13. The van der Waals surface area contributed by atoms with Crippen LogP contribution in [-0.2, 0) is 9.53 Å². The summed E-state index contributed by atoms with van der Waals surface area (Å²) in [6.45, 7) is 2.11. The van der Waals surface area contributed by atoms with Crippen molar-refractivity contribution < 1.29 is 9.53 Å². The molecule has 1 atom stereocenters. The summed E-state index contributed by atoms with van der Waals surface area (Å²) < 4.78 is 4.77. The van der Waals surface area contributed by atoms with E-state index in [1.165, 1.54) is 26.5 Å². The number of rotatable bonds is 2. The van der Waals surface area contributed by atoms with Crippen LogP contribution in [0.2, 0.25) is 0 Å². The standard InChI is InChI=1S/C10H17NO2/c1-13-10(12)8-3-2-6-11(7-8)9-4-5-9/h8-9H,2-7H2,1H3/t8-/m0/s1. The van der Waals surface area contributed by atoms with Gasteiger partial charge in [-0.05, 0) is 32.2 Å². The average Bonchev–Trinajstić information content (AvgIpc) is 3.00. The number of hydrogen-bond donors (Lipinski definition) is 0. The molecule has 0 aromatic carbocycles. The molecule has 0 aromatic heterocycles. The Balaban J connectivity index is 1.87. The highest BCUT2D eigenvalue weighted by atomic mass is 16.5. The van der Waals surface area contributed by atoms with Crippen molar-refractivity contribution in [2.75, 3.05) is 20.2 Å². The molecule has 2 fully saturated rings. The quantitative estimate of drug-likeness (QED) is 0.599.